The highest BCUT2D eigenvalue weighted by molar-refractivity contribution is 5.07. The second kappa shape index (κ2) is 5.56. The first kappa shape index (κ1) is 14.4. The summed E-state index contributed by atoms with van der Waals surface area (Å²) in [6.07, 6.45) is 3.24. The molecular formula is C13H23N3O3. The van der Waals surface area contributed by atoms with Gasteiger partial charge >= 0.3 is 0 Å². The van der Waals surface area contributed by atoms with E-state index in [1.807, 2.05) is 6.92 Å². The van der Waals surface area contributed by atoms with E-state index in [0.29, 0.717) is 24.9 Å². The van der Waals surface area contributed by atoms with Gasteiger partial charge in [-0.3, -0.25) is 0 Å². The van der Waals surface area contributed by atoms with E-state index < -0.39 is 11.1 Å². The number of rotatable bonds is 5. The van der Waals surface area contributed by atoms with Gasteiger partial charge in [0, 0.05) is 33.2 Å². The number of hydrogen-bond acceptors (Lipinski definition) is 6. The SMILES string of the molecule is CCCC(C)(N)c1nc(C2(OC)CCOCC2)no1. The number of aromatic nitrogens is 2. The van der Waals surface area contributed by atoms with E-state index >= 15 is 0 Å². The number of nitrogens with zero attached hydrogens (tertiary/aromatic N) is 2. The third kappa shape index (κ3) is 2.80. The Morgan fingerprint density at radius 1 is 1.42 bits per heavy atom. The van der Waals surface area contributed by atoms with Gasteiger partial charge in [-0.15, -0.1) is 0 Å². The Labute approximate surface area is 113 Å². The van der Waals surface area contributed by atoms with Crippen molar-refractivity contribution in [3.8, 4) is 0 Å². The largest absolute Gasteiger partial charge is 0.381 e. The van der Waals surface area contributed by atoms with Crippen LogP contribution < -0.4 is 5.73 Å². The Hall–Kier alpha value is -0.980. The van der Waals surface area contributed by atoms with E-state index in [2.05, 4.69) is 17.1 Å². The molecule has 6 heteroatoms. The van der Waals surface area contributed by atoms with Gasteiger partial charge in [-0.2, -0.15) is 4.98 Å². The van der Waals surface area contributed by atoms with Crippen molar-refractivity contribution in [2.75, 3.05) is 20.3 Å². The molecule has 0 aliphatic carbocycles. The first-order valence-electron chi connectivity index (χ1n) is 6.80. The smallest absolute Gasteiger partial charge is 0.246 e. The van der Waals surface area contributed by atoms with Gasteiger partial charge < -0.3 is 19.7 Å². The van der Waals surface area contributed by atoms with Crippen molar-refractivity contribution < 1.29 is 14.0 Å². The van der Waals surface area contributed by atoms with Gasteiger partial charge in [0.15, 0.2) is 0 Å². The van der Waals surface area contributed by atoms with Crippen LogP contribution in [0.2, 0.25) is 0 Å². The van der Waals surface area contributed by atoms with Crippen LogP contribution in [0.3, 0.4) is 0 Å². The van der Waals surface area contributed by atoms with Crippen LogP contribution in [0.1, 0.15) is 51.2 Å². The molecule has 1 unspecified atom stereocenters. The Morgan fingerprint density at radius 3 is 2.68 bits per heavy atom. The van der Waals surface area contributed by atoms with Crippen LogP contribution in [0, 0.1) is 0 Å². The van der Waals surface area contributed by atoms with E-state index in [-0.39, 0.29) is 0 Å². The van der Waals surface area contributed by atoms with Gasteiger partial charge in [-0.25, -0.2) is 0 Å². The van der Waals surface area contributed by atoms with E-state index in [1.165, 1.54) is 0 Å². The quantitative estimate of drug-likeness (QED) is 0.875. The lowest BCUT2D eigenvalue weighted by atomic mass is 9.93. The Bertz CT molecular complexity index is 411. The van der Waals surface area contributed by atoms with Gasteiger partial charge in [0.05, 0.1) is 5.54 Å². The molecule has 19 heavy (non-hydrogen) atoms. The summed E-state index contributed by atoms with van der Waals surface area (Å²) in [5.41, 5.74) is 5.13. The molecule has 1 atom stereocenters. The molecule has 1 aromatic heterocycles. The Morgan fingerprint density at radius 2 is 2.11 bits per heavy atom. The van der Waals surface area contributed by atoms with Crippen molar-refractivity contribution in [1.82, 2.24) is 10.1 Å². The van der Waals surface area contributed by atoms with Gasteiger partial charge in [0.2, 0.25) is 11.7 Å². The zero-order valence-electron chi connectivity index (χ0n) is 11.9. The molecule has 0 amide bonds. The molecule has 0 spiro atoms. The molecule has 1 aliphatic rings. The minimum Gasteiger partial charge on any atom is -0.381 e. The van der Waals surface area contributed by atoms with Crippen molar-refractivity contribution in [1.29, 1.82) is 0 Å². The normalized spacial score (nSPS) is 22.1. The van der Waals surface area contributed by atoms with Crippen LogP contribution in [0.15, 0.2) is 4.52 Å². The maximum atomic E-state index is 6.21. The van der Waals surface area contributed by atoms with Crippen molar-refractivity contribution in [2.24, 2.45) is 5.73 Å². The van der Waals surface area contributed by atoms with Gasteiger partial charge in [0.25, 0.3) is 0 Å². The van der Waals surface area contributed by atoms with E-state index in [0.717, 1.165) is 25.7 Å². The highest BCUT2D eigenvalue weighted by Gasteiger charge is 2.40. The Balaban J connectivity index is 2.24. The average Bonchev–Trinajstić information content (AvgIpc) is 2.90. The molecule has 2 heterocycles. The molecule has 1 fully saturated rings. The first-order valence-corrected chi connectivity index (χ1v) is 6.80. The highest BCUT2D eigenvalue weighted by Crippen LogP contribution is 2.34. The molecule has 108 valence electrons. The topological polar surface area (TPSA) is 83.4 Å². The second-order valence-corrected chi connectivity index (χ2v) is 5.40. The summed E-state index contributed by atoms with van der Waals surface area (Å²) < 4.78 is 16.4. The maximum Gasteiger partial charge on any atom is 0.246 e. The van der Waals surface area contributed by atoms with Crippen molar-refractivity contribution in [2.45, 2.75) is 50.7 Å². The summed E-state index contributed by atoms with van der Waals surface area (Å²) in [7, 11) is 1.68. The lowest BCUT2D eigenvalue weighted by Crippen LogP contribution is -2.37. The molecular weight excluding hydrogens is 246 g/mol. The third-order valence-corrected chi connectivity index (χ3v) is 3.78. The zero-order valence-corrected chi connectivity index (χ0v) is 11.9. The standard InChI is InChI=1S/C13H23N3O3/c1-4-5-12(2,14)11-15-10(16-19-11)13(17-3)6-8-18-9-7-13/h4-9,14H2,1-3H3. The number of hydrogen-bond donors (Lipinski definition) is 1. The molecule has 6 nitrogen and oxygen atoms in total. The second-order valence-electron chi connectivity index (χ2n) is 5.40. The fourth-order valence-corrected chi connectivity index (χ4v) is 2.49. The van der Waals surface area contributed by atoms with E-state index in [4.69, 9.17) is 19.7 Å². The van der Waals surface area contributed by atoms with E-state index in [9.17, 15) is 0 Å². The maximum absolute atomic E-state index is 6.21. The average molecular weight is 269 g/mol. The van der Waals surface area contributed by atoms with Gasteiger partial charge in [0.1, 0.15) is 5.60 Å². The molecule has 1 aromatic rings. The lowest BCUT2D eigenvalue weighted by molar-refractivity contribution is -0.101. The minimum absolute atomic E-state index is 0.479. The van der Waals surface area contributed by atoms with E-state index in [1.54, 1.807) is 7.11 Å². The summed E-state index contributed by atoms with van der Waals surface area (Å²) >= 11 is 0. The summed E-state index contributed by atoms with van der Waals surface area (Å²) in [4.78, 5) is 4.48. The molecule has 0 aromatic carbocycles. The van der Waals surface area contributed by atoms with Crippen LogP contribution in [-0.4, -0.2) is 30.5 Å². The zero-order chi connectivity index (χ0) is 13.9. The molecule has 1 saturated heterocycles. The highest BCUT2D eigenvalue weighted by atomic mass is 16.5. The minimum atomic E-state index is -0.583. The summed E-state index contributed by atoms with van der Waals surface area (Å²) in [5, 5.41) is 4.08. The predicted octanol–water partition coefficient (Wildman–Crippen LogP) is 1.70. The number of methoxy groups -OCH3 is 1. The predicted molar refractivity (Wildman–Crippen MR) is 69.5 cm³/mol. The number of nitrogens with two attached hydrogens (primary N) is 1. The molecule has 1 aliphatic heterocycles. The molecule has 0 radical (unpaired) electrons. The monoisotopic (exact) mass is 269 g/mol. The van der Waals surface area contributed by atoms with Crippen LogP contribution in [0.5, 0.6) is 0 Å². The fraction of sp³-hybridized carbons (Fsp3) is 0.846. The van der Waals surface area contributed by atoms with Crippen LogP contribution in [0.4, 0.5) is 0 Å². The first-order chi connectivity index (χ1) is 9.04. The lowest BCUT2D eigenvalue weighted by Gasteiger charge is -2.32. The van der Waals surface area contributed by atoms with Gasteiger partial charge in [-0.05, 0) is 13.3 Å². The summed E-state index contributed by atoms with van der Waals surface area (Å²) in [6.45, 7) is 5.29. The summed E-state index contributed by atoms with van der Waals surface area (Å²) in [5.74, 6) is 1.06. The summed E-state index contributed by atoms with van der Waals surface area (Å²) in [6, 6.07) is 0. The van der Waals surface area contributed by atoms with Crippen LogP contribution >= 0.6 is 0 Å². The number of ether oxygens (including phenoxy) is 2. The van der Waals surface area contributed by atoms with Crippen molar-refractivity contribution in [3.05, 3.63) is 11.7 Å². The van der Waals surface area contributed by atoms with Crippen molar-refractivity contribution >= 4 is 0 Å². The van der Waals surface area contributed by atoms with Crippen LogP contribution in [0.25, 0.3) is 0 Å². The molecule has 2 rings (SSSR count). The third-order valence-electron chi connectivity index (χ3n) is 3.78. The molecule has 2 N–H and O–H groups in total. The molecule has 0 saturated carbocycles. The Kier molecular flexibility index (Phi) is 4.23. The van der Waals surface area contributed by atoms with Crippen LogP contribution in [-0.2, 0) is 20.6 Å². The van der Waals surface area contributed by atoms with Crippen molar-refractivity contribution in [3.63, 3.8) is 0 Å². The molecule has 0 bridgehead atoms. The fourth-order valence-electron chi connectivity index (χ4n) is 2.49. The van der Waals surface area contributed by atoms with Gasteiger partial charge in [-0.1, -0.05) is 18.5 Å².